The molecule has 5 nitrogen and oxygen atoms in total. The molecule has 1 aliphatic heterocycles. The van der Waals surface area contributed by atoms with Gasteiger partial charge in [0.25, 0.3) is 5.91 Å². The number of nitrogen functional groups attached to an aromatic ring is 1. The molecule has 0 aromatic heterocycles. The summed E-state index contributed by atoms with van der Waals surface area (Å²) in [4.78, 5) is 12.2. The van der Waals surface area contributed by atoms with E-state index < -0.39 is 6.10 Å². The molecule has 1 atom stereocenters. The number of amides is 1. The van der Waals surface area contributed by atoms with E-state index in [9.17, 15) is 4.79 Å². The Balaban J connectivity index is 1.86. The van der Waals surface area contributed by atoms with Crippen LogP contribution in [0.5, 0.6) is 11.5 Å². The fourth-order valence-corrected chi connectivity index (χ4v) is 2.57. The molecule has 2 aromatic rings. The number of aryl methyl sites for hydroxylation is 1. The number of hydrogen-bond donors (Lipinski definition) is 2. The van der Waals surface area contributed by atoms with Gasteiger partial charge in [0, 0.05) is 12.1 Å². The Morgan fingerprint density at radius 1 is 1.27 bits per heavy atom. The number of hydrogen-bond acceptors (Lipinski definition) is 4. The molecule has 1 heterocycles. The van der Waals surface area contributed by atoms with Gasteiger partial charge >= 0.3 is 0 Å². The number of methoxy groups -OCH3 is 1. The molecule has 0 aliphatic carbocycles. The normalized spacial score (nSPS) is 16.5. The Labute approximate surface area is 129 Å². The first-order valence-corrected chi connectivity index (χ1v) is 7.07. The van der Waals surface area contributed by atoms with E-state index in [0.29, 0.717) is 23.5 Å². The monoisotopic (exact) mass is 298 g/mol. The zero-order chi connectivity index (χ0) is 15.7. The van der Waals surface area contributed by atoms with Crippen molar-refractivity contribution in [3.8, 4) is 11.5 Å². The number of carbonyl (C=O) groups is 1. The summed E-state index contributed by atoms with van der Waals surface area (Å²) < 4.78 is 11.2. The first-order chi connectivity index (χ1) is 10.6. The minimum atomic E-state index is -0.591. The summed E-state index contributed by atoms with van der Waals surface area (Å²) >= 11 is 0. The van der Waals surface area contributed by atoms with Crippen LogP contribution in [-0.2, 0) is 11.2 Å². The van der Waals surface area contributed by atoms with Crippen molar-refractivity contribution in [1.29, 1.82) is 0 Å². The van der Waals surface area contributed by atoms with Gasteiger partial charge in [-0.05, 0) is 36.8 Å². The molecule has 1 amide bonds. The molecular formula is C17H18N2O3. The predicted octanol–water partition coefficient (Wildman–Crippen LogP) is 2.53. The first-order valence-electron chi connectivity index (χ1n) is 7.07. The number of nitrogens with one attached hydrogen (secondary N) is 1. The number of carbonyl (C=O) groups excluding carboxylic acids is 1. The Bertz CT molecular complexity index is 728. The molecule has 3 rings (SSSR count). The molecule has 0 saturated carbocycles. The minimum absolute atomic E-state index is 0.179. The van der Waals surface area contributed by atoms with E-state index in [1.165, 1.54) is 0 Å². The standard InChI is InChI=1S/C17H18N2O3/c1-10-3-5-14(21-2)11(7-10)8-16-17(20)19-13-9-12(18)4-6-15(13)22-16/h3-7,9,16H,8,18H2,1-2H3,(H,19,20). The van der Waals surface area contributed by atoms with E-state index in [1.807, 2.05) is 25.1 Å². The van der Waals surface area contributed by atoms with Gasteiger partial charge in [0.15, 0.2) is 6.10 Å². The zero-order valence-electron chi connectivity index (χ0n) is 12.6. The Morgan fingerprint density at radius 3 is 2.86 bits per heavy atom. The van der Waals surface area contributed by atoms with Crippen molar-refractivity contribution in [2.45, 2.75) is 19.4 Å². The Hall–Kier alpha value is -2.69. The minimum Gasteiger partial charge on any atom is -0.496 e. The van der Waals surface area contributed by atoms with Crippen LogP contribution in [0, 0.1) is 6.92 Å². The van der Waals surface area contributed by atoms with Crippen LogP contribution in [0.15, 0.2) is 36.4 Å². The van der Waals surface area contributed by atoms with Crippen LogP contribution >= 0.6 is 0 Å². The summed E-state index contributed by atoms with van der Waals surface area (Å²) in [5.41, 5.74) is 8.97. The first kappa shape index (κ1) is 14.3. The van der Waals surface area contributed by atoms with Gasteiger partial charge < -0.3 is 20.5 Å². The molecule has 5 heteroatoms. The molecule has 3 N–H and O–H groups in total. The number of benzene rings is 2. The maximum absolute atomic E-state index is 12.2. The van der Waals surface area contributed by atoms with Gasteiger partial charge in [-0.3, -0.25) is 4.79 Å². The quantitative estimate of drug-likeness (QED) is 0.854. The maximum atomic E-state index is 12.2. The number of anilines is 2. The van der Waals surface area contributed by atoms with Crippen LogP contribution in [0.1, 0.15) is 11.1 Å². The summed E-state index contributed by atoms with van der Waals surface area (Å²) in [6, 6.07) is 11.1. The molecule has 22 heavy (non-hydrogen) atoms. The van der Waals surface area contributed by atoms with Crippen molar-refractivity contribution in [3.05, 3.63) is 47.5 Å². The SMILES string of the molecule is COc1ccc(C)cc1CC1Oc2ccc(N)cc2NC1=O. The fourth-order valence-electron chi connectivity index (χ4n) is 2.57. The maximum Gasteiger partial charge on any atom is 0.265 e. The summed E-state index contributed by atoms with van der Waals surface area (Å²) in [6.07, 6.45) is -0.146. The van der Waals surface area contributed by atoms with Crippen LogP contribution in [0.2, 0.25) is 0 Å². The van der Waals surface area contributed by atoms with Gasteiger partial charge in [-0.25, -0.2) is 0 Å². The van der Waals surface area contributed by atoms with Gasteiger partial charge in [-0.2, -0.15) is 0 Å². The van der Waals surface area contributed by atoms with E-state index in [0.717, 1.165) is 16.9 Å². The number of rotatable bonds is 3. The molecule has 0 radical (unpaired) electrons. The predicted molar refractivity (Wildman–Crippen MR) is 85.3 cm³/mol. The van der Waals surface area contributed by atoms with Gasteiger partial charge in [0.2, 0.25) is 0 Å². The van der Waals surface area contributed by atoms with E-state index in [4.69, 9.17) is 15.2 Å². The molecule has 1 unspecified atom stereocenters. The van der Waals surface area contributed by atoms with E-state index >= 15 is 0 Å². The largest absolute Gasteiger partial charge is 0.496 e. The van der Waals surface area contributed by atoms with Crippen molar-refractivity contribution < 1.29 is 14.3 Å². The number of ether oxygens (including phenoxy) is 2. The molecule has 0 fully saturated rings. The van der Waals surface area contributed by atoms with Gasteiger partial charge in [-0.1, -0.05) is 17.7 Å². The van der Waals surface area contributed by atoms with E-state index in [2.05, 4.69) is 5.32 Å². The molecular weight excluding hydrogens is 280 g/mol. The number of fused-ring (bicyclic) bond motifs is 1. The van der Waals surface area contributed by atoms with Gasteiger partial charge in [0.1, 0.15) is 11.5 Å². The lowest BCUT2D eigenvalue weighted by atomic mass is 10.0. The summed E-state index contributed by atoms with van der Waals surface area (Å²) in [6.45, 7) is 2.00. The lowest BCUT2D eigenvalue weighted by Gasteiger charge is -2.26. The van der Waals surface area contributed by atoms with Crippen LogP contribution in [-0.4, -0.2) is 19.1 Å². The van der Waals surface area contributed by atoms with E-state index in [1.54, 1.807) is 25.3 Å². The highest BCUT2D eigenvalue weighted by Crippen LogP contribution is 2.33. The molecule has 0 spiro atoms. The van der Waals surface area contributed by atoms with Gasteiger partial charge in [0.05, 0.1) is 12.8 Å². The van der Waals surface area contributed by atoms with E-state index in [-0.39, 0.29) is 5.91 Å². The Morgan fingerprint density at radius 2 is 2.09 bits per heavy atom. The van der Waals surface area contributed by atoms with Gasteiger partial charge in [-0.15, -0.1) is 0 Å². The third-order valence-electron chi connectivity index (χ3n) is 3.66. The lowest BCUT2D eigenvalue weighted by molar-refractivity contribution is -0.123. The summed E-state index contributed by atoms with van der Waals surface area (Å²) in [5, 5.41) is 2.84. The average molecular weight is 298 g/mol. The molecule has 114 valence electrons. The molecule has 1 aliphatic rings. The van der Waals surface area contributed by atoms with Crippen molar-refractivity contribution in [1.82, 2.24) is 0 Å². The molecule has 0 saturated heterocycles. The molecule has 2 aromatic carbocycles. The van der Waals surface area contributed by atoms with Crippen LogP contribution in [0.4, 0.5) is 11.4 Å². The van der Waals surface area contributed by atoms with Crippen LogP contribution in [0.3, 0.4) is 0 Å². The summed E-state index contributed by atoms with van der Waals surface area (Å²) in [5.74, 6) is 1.21. The second kappa shape index (κ2) is 5.60. The third-order valence-corrected chi connectivity index (χ3v) is 3.66. The summed E-state index contributed by atoms with van der Waals surface area (Å²) in [7, 11) is 1.62. The topological polar surface area (TPSA) is 73.6 Å². The third kappa shape index (κ3) is 2.70. The van der Waals surface area contributed by atoms with Crippen molar-refractivity contribution in [3.63, 3.8) is 0 Å². The smallest absolute Gasteiger partial charge is 0.265 e. The molecule has 0 bridgehead atoms. The lowest BCUT2D eigenvalue weighted by Crippen LogP contribution is -2.38. The second-order valence-electron chi connectivity index (χ2n) is 5.37. The van der Waals surface area contributed by atoms with Crippen LogP contribution < -0.4 is 20.5 Å². The Kier molecular flexibility index (Phi) is 3.63. The number of nitrogens with two attached hydrogens (primary N) is 1. The highest BCUT2D eigenvalue weighted by atomic mass is 16.5. The zero-order valence-corrected chi connectivity index (χ0v) is 12.6. The second-order valence-corrected chi connectivity index (χ2v) is 5.37. The highest BCUT2D eigenvalue weighted by Gasteiger charge is 2.28. The average Bonchev–Trinajstić information content (AvgIpc) is 2.48. The highest BCUT2D eigenvalue weighted by molar-refractivity contribution is 5.98. The van der Waals surface area contributed by atoms with Crippen molar-refractivity contribution in [2.24, 2.45) is 0 Å². The van der Waals surface area contributed by atoms with Crippen molar-refractivity contribution in [2.75, 3.05) is 18.2 Å². The fraction of sp³-hybridized carbons (Fsp3) is 0.235. The van der Waals surface area contributed by atoms with Crippen molar-refractivity contribution >= 4 is 17.3 Å². The van der Waals surface area contributed by atoms with Crippen LogP contribution in [0.25, 0.3) is 0 Å².